The maximum absolute atomic E-state index is 12.2. The number of aryl methyl sites for hydroxylation is 1. The van der Waals surface area contributed by atoms with Crippen molar-refractivity contribution in [3.05, 3.63) is 52.2 Å². The van der Waals surface area contributed by atoms with E-state index in [9.17, 15) is 9.59 Å². The van der Waals surface area contributed by atoms with Crippen molar-refractivity contribution in [1.82, 2.24) is 5.32 Å². The first-order chi connectivity index (χ1) is 11.2. The molecule has 3 rings (SSSR count). The minimum absolute atomic E-state index is 0.0479. The van der Waals surface area contributed by atoms with Crippen molar-refractivity contribution in [2.75, 3.05) is 5.32 Å². The summed E-state index contributed by atoms with van der Waals surface area (Å²) in [5, 5.41) is 7.87. The van der Waals surface area contributed by atoms with E-state index in [1.54, 1.807) is 23.5 Å². The molecule has 23 heavy (non-hydrogen) atoms. The number of carbonyl (C=O) groups excluding carboxylic acids is 2. The molecule has 0 saturated heterocycles. The van der Waals surface area contributed by atoms with Gasteiger partial charge in [0.2, 0.25) is 5.91 Å². The second-order valence-electron chi connectivity index (χ2n) is 5.77. The number of benzene rings is 1. The van der Waals surface area contributed by atoms with E-state index in [1.165, 1.54) is 4.88 Å². The zero-order valence-corrected chi connectivity index (χ0v) is 13.7. The molecule has 0 unspecified atom stereocenters. The quantitative estimate of drug-likeness (QED) is 0.816. The fourth-order valence-corrected chi connectivity index (χ4v) is 3.12. The number of rotatable bonds is 7. The van der Waals surface area contributed by atoms with Crippen LogP contribution in [0.2, 0.25) is 0 Å². The van der Waals surface area contributed by atoms with Crippen LogP contribution in [0.3, 0.4) is 0 Å². The standard InChI is InChI=1S/C18H20N2O2S/c21-17(9-3-5-14-6-4-12-23-14)20-16-8-2-1-7-15(16)18(22)19-13-10-11-13/h1-2,4,6-8,12-13H,3,5,9-11H2,(H,19,22)(H,20,21). The van der Waals surface area contributed by atoms with Gasteiger partial charge in [0.15, 0.2) is 0 Å². The average molecular weight is 328 g/mol. The number of thiophene rings is 1. The van der Waals surface area contributed by atoms with Crippen molar-refractivity contribution in [2.24, 2.45) is 0 Å². The van der Waals surface area contributed by atoms with Gasteiger partial charge < -0.3 is 10.6 Å². The zero-order valence-electron chi connectivity index (χ0n) is 12.9. The van der Waals surface area contributed by atoms with Gasteiger partial charge in [0.1, 0.15) is 0 Å². The minimum atomic E-state index is -0.109. The molecule has 2 aromatic rings. The number of para-hydroxylation sites is 1. The summed E-state index contributed by atoms with van der Waals surface area (Å²) in [6, 6.07) is 11.6. The predicted molar refractivity (Wildman–Crippen MR) is 92.8 cm³/mol. The van der Waals surface area contributed by atoms with Crippen molar-refractivity contribution in [2.45, 2.75) is 38.1 Å². The number of hydrogen-bond acceptors (Lipinski definition) is 3. The summed E-state index contributed by atoms with van der Waals surface area (Å²) < 4.78 is 0. The molecule has 0 spiro atoms. The zero-order chi connectivity index (χ0) is 16.1. The van der Waals surface area contributed by atoms with E-state index in [-0.39, 0.29) is 11.8 Å². The first-order valence-electron chi connectivity index (χ1n) is 7.94. The minimum Gasteiger partial charge on any atom is -0.349 e. The van der Waals surface area contributed by atoms with E-state index in [2.05, 4.69) is 16.7 Å². The summed E-state index contributed by atoms with van der Waals surface area (Å²) in [7, 11) is 0. The Balaban J connectivity index is 1.54. The lowest BCUT2D eigenvalue weighted by molar-refractivity contribution is -0.116. The van der Waals surface area contributed by atoms with Crippen molar-refractivity contribution in [3.63, 3.8) is 0 Å². The molecule has 1 aromatic heterocycles. The summed E-state index contributed by atoms with van der Waals surface area (Å²) in [4.78, 5) is 25.6. The molecular weight excluding hydrogens is 308 g/mol. The fraction of sp³-hybridized carbons (Fsp3) is 0.333. The van der Waals surface area contributed by atoms with E-state index < -0.39 is 0 Å². The molecule has 2 N–H and O–H groups in total. The highest BCUT2D eigenvalue weighted by Gasteiger charge is 2.24. The Labute approximate surface area is 139 Å². The van der Waals surface area contributed by atoms with Gasteiger partial charge >= 0.3 is 0 Å². The van der Waals surface area contributed by atoms with E-state index >= 15 is 0 Å². The molecular formula is C18H20N2O2S. The summed E-state index contributed by atoms with van der Waals surface area (Å²) >= 11 is 1.71. The third-order valence-corrected chi connectivity index (χ3v) is 4.70. The summed E-state index contributed by atoms with van der Waals surface area (Å²) in [6.07, 6.45) is 4.26. The van der Waals surface area contributed by atoms with Crippen molar-refractivity contribution >= 4 is 28.8 Å². The number of hydrogen-bond donors (Lipinski definition) is 2. The van der Waals surface area contributed by atoms with Crippen LogP contribution in [0.5, 0.6) is 0 Å². The lowest BCUT2D eigenvalue weighted by atomic mass is 10.1. The largest absolute Gasteiger partial charge is 0.349 e. The number of amides is 2. The average Bonchev–Trinajstić information content (AvgIpc) is 3.20. The van der Waals surface area contributed by atoms with E-state index in [0.717, 1.165) is 25.7 Å². The molecule has 0 radical (unpaired) electrons. The fourth-order valence-electron chi connectivity index (χ4n) is 2.37. The van der Waals surface area contributed by atoms with Gasteiger partial charge in [0.05, 0.1) is 11.3 Å². The third kappa shape index (κ3) is 4.66. The number of nitrogens with one attached hydrogen (secondary N) is 2. The summed E-state index contributed by atoms with van der Waals surface area (Å²) in [5.74, 6) is -0.157. The summed E-state index contributed by atoms with van der Waals surface area (Å²) in [6.45, 7) is 0. The monoisotopic (exact) mass is 328 g/mol. The highest BCUT2D eigenvalue weighted by atomic mass is 32.1. The molecule has 1 aliphatic carbocycles. The number of anilines is 1. The van der Waals surface area contributed by atoms with Gasteiger partial charge in [0, 0.05) is 17.3 Å². The molecule has 0 bridgehead atoms. The maximum Gasteiger partial charge on any atom is 0.253 e. The van der Waals surface area contributed by atoms with Gasteiger partial charge in [-0.1, -0.05) is 18.2 Å². The molecule has 0 aliphatic heterocycles. The van der Waals surface area contributed by atoms with Gasteiger partial charge in [-0.05, 0) is 49.3 Å². The second-order valence-corrected chi connectivity index (χ2v) is 6.81. The molecule has 5 heteroatoms. The Hall–Kier alpha value is -2.14. The van der Waals surface area contributed by atoms with E-state index in [4.69, 9.17) is 0 Å². The molecule has 1 aromatic carbocycles. The Bertz CT molecular complexity index is 678. The molecule has 1 saturated carbocycles. The van der Waals surface area contributed by atoms with Crippen LogP contribution in [-0.4, -0.2) is 17.9 Å². The Kier molecular flexibility index (Phi) is 5.08. The SMILES string of the molecule is O=C(CCCc1cccs1)Nc1ccccc1C(=O)NC1CC1. The van der Waals surface area contributed by atoms with Gasteiger partial charge in [-0.2, -0.15) is 0 Å². The van der Waals surface area contributed by atoms with Gasteiger partial charge in [-0.25, -0.2) is 0 Å². The van der Waals surface area contributed by atoms with Crippen LogP contribution in [0.15, 0.2) is 41.8 Å². The molecule has 0 atom stereocenters. The van der Waals surface area contributed by atoms with Gasteiger partial charge in [-0.15, -0.1) is 11.3 Å². The Morgan fingerprint density at radius 2 is 1.96 bits per heavy atom. The predicted octanol–water partition coefficient (Wildman–Crippen LogP) is 3.60. The molecule has 1 heterocycles. The van der Waals surface area contributed by atoms with Crippen molar-refractivity contribution < 1.29 is 9.59 Å². The smallest absolute Gasteiger partial charge is 0.253 e. The first kappa shape index (κ1) is 15.7. The Morgan fingerprint density at radius 3 is 2.70 bits per heavy atom. The van der Waals surface area contributed by atoms with Crippen LogP contribution in [-0.2, 0) is 11.2 Å². The normalized spacial score (nSPS) is 13.6. The maximum atomic E-state index is 12.2. The molecule has 4 nitrogen and oxygen atoms in total. The van der Waals surface area contributed by atoms with Gasteiger partial charge in [0.25, 0.3) is 5.91 Å². The van der Waals surface area contributed by atoms with Crippen LogP contribution in [0.25, 0.3) is 0 Å². The van der Waals surface area contributed by atoms with Crippen LogP contribution in [0, 0.1) is 0 Å². The third-order valence-electron chi connectivity index (χ3n) is 3.77. The van der Waals surface area contributed by atoms with Crippen molar-refractivity contribution in [3.8, 4) is 0 Å². The molecule has 120 valence electrons. The molecule has 2 amide bonds. The topological polar surface area (TPSA) is 58.2 Å². The summed E-state index contributed by atoms with van der Waals surface area (Å²) in [5.41, 5.74) is 1.12. The first-order valence-corrected chi connectivity index (χ1v) is 8.82. The van der Waals surface area contributed by atoms with E-state index in [0.29, 0.717) is 23.7 Å². The lowest BCUT2D eigenvalue weighted by Crippen LogP contribution is -2.26. The molecule has 1 aliphatic rings. The van der Waals surface area contributed by atoms with Crippen LogP contribution in [0.1, 0.15) is 40.9 Å². The Morgan fingerprint density at radius 1 is 1.13 bits per heavy atom. The van der Waals surface area contributed by atoms with Gasteiger partial charge in [-0.3, -0.25) is 9.59 Å². The highest BCUT2D eigenvalue weighted by molar-refractivity contribution is 7.09. The number of carbonyl (C=O) groups is 2. The second kappa shape index (κ2) is 7.42. The van der Waals surface area contributed by atoms with Crippen LogP contribution >= 0.6 is 11.3 Å². The van der Waals surface area contributed by atoms with Crippen molar-refractivity contribution in [1.29, 1.82) is 0 Å². The van der Waals surface area contributed by atoms with Crippen LogP contribution < -0.4 is 10.6 Å². The van der Waals surface area contributed by atoms with E-state index in [1.807, 2.05) is 23.6 Å². The highest BCUT2D eigenvalue weighted by Crippen LogP contribution is 2.22. The molecule has 1 fully saturated rings. The lowest BCUT2D eigenvalue weighted by Gasteiger charge is -2.11. The van der Waals surface area contributed by atoms with Crippen LogP contribution in [0.4, 0.5) is 5.69 Å².